The topological polar surface area (TPSA) is 59.2 Å². The van der Waals surface area contributed by atoms with Crippen LogP contribution in [0.15, 0.2) is 24.4 Å². The first-order chi connectivity index (χ1) is 7.75. The van der Waals surface area contributed by atoms with E-state index in [1.54, 1.807) is 6.20 Å². The van der Waals surface area contributed by atoms with Crippen LogP contribution in [0.4, 0.5) is 0 Å². The third-order valence-corrected chi connectivity index (χ3v) is 2.90. The summed E-state index contributed by atoms with van der Waals surface area (Å²) < 4.78 is 0. The van der Waals surface area contributed by atoms with Crippen LogP contribution in [0.5, 0.6) is 0 Å². The van der Waals surface area contributed by atoms with E-state index < -0.39 is 0 Å². The number of nitrogens with zero attached hydrogens (tertiary/aromatic N) is 2. The Morgan fingerprint density at radius 2 is 2.44 bits per heavy atom. The molecule has 1 aliphatic heterocycles. The number of hydrogen-bond donors (Lipinski definition) is 1. The molecule has 1 aliphatic rings. The van der Waals surface area contributed by atoms with Gasteiger partial charge in [-0.15, -0.1) is 0 Å². The number of carbonyl (C=O) groups excluding carboxylic acids is 1. The average Bonchev–Trinajstić information content (AvgIpc) is 2.74. The summed E-state index contributed by atoms with van der Waals surface area (Å²) in [6, 6.07) is 5.94. The standard InChI is InChI=1S/C12H17N3O/c13-10-6-8-15(9-10)12(16)5-4-11-3-1-2-7-14-11/h1-3,7,10H,4-6,8-9,13H2. The van der Waals surface area contributed by atoms with Gasteiger partial charge < -0.3 is 10.6 Å². The average molecular weight is 219 g/mol. The van der Waals surface area contributed by atoms with E-state index in [0.29, 0.717) is 19.4 Å². The molecular formula is C12H17N3O. The smallest absolute Gasteiger partial charge is 0.223 e. The van der Waals surface area contributed by atoms with E-state index in [9.17, 15) is 4.79 Å². The van der Waals surface area contributed by atoms with Crippen molar-refractivity contribution in [2.24, 2.45) is 5.73 Å². The van der Waals surface area contributed by atoms with Gasteiger partial charge in [0.15, 0.2) is 0 Å². The first kappa shape index (κ1) is 11.1. The van der Waals surface area contributed by atoms with Crippen LogP contribution in [-0.4, -0.2) is 34.9 Å². The molecule has 4 nitrogen and oxygen atoms in total. The minimum absolute atomic E-state index is 0.166. The molecule has 0 bridgehead atoms. The van der Waals surface area contributed by atoms with Crippen molar-refractivity contribution < 1.29 is 4.79 Å². The van der Waals surface area contributed by atoms with Gasteiger partial charge in [0, 0.05) is 37.4 Å². The molecule has 2 rings (SSSR count). The summed E-state index contributed by atoms with van der Waals surface area (Å²) in [6.45, 7) is 1.52. The highest BCUT2D eigenvalue weighted by Gasteiger charge is 2.22. The zero-order chi connectivity index (χ0) is 11.4. The van der Waals surface area contributed by atoms with E-state index >= 15 is 0 Å². The van der Waals surface area contributed by atoms with Crippen LogP contribution < -0.4 is 5.73 Å². The molecule has 1 atom stereocenters. The van der Waals surface area contributed by atoms with Crippen molar-refractivity contribution in [1.82, 2.24) is 9.88 Å². The van der Waals surface area contributed by atoms with E-state index in [2.05, 4.69) is 4.98 Å². The second kappa shape index (κ2) is 5.07. The Kier molecular flexibility index (Phi) is 3.51. The number of likely N-dealkylation sites (tertiary alicyclic amines) is 1. The first-order valence-corrected chi connectivity index (χ1v) is 5.69. The van der Waals surface area contributed by atoms with E-state index in [-0.39, 0.29) is 11.9 Å². The highest BCUT2D eigenvalue weighted by molar-refractivity contribution is 5.76. The molecule has 1 unspecified atom stereocenters. The van der Waals surface area contributed by atoms with Gasteiger partial charge in [-0.2, -0.15) is 0 Å². The fourth-order valence-electron chi connectivity index (χ4n) is 1.95. The van der Waals surface area contributed by atoms with E-state index in [4.69, 9.17) is 5.73 Å². The SMILES string of the molecule is NC1CCN(C(=O)CCc2ccccn2)C1. The summed E-state index contributed by atoms with van der Waals surface area (Å²) in [5, 5.41) is 0. The van der Waals surface area contributed by atoms with Crippen molar-refractivity contribution in [3.05, 3.63) is 30.1 Å². The van der Waals surface area contributed by atoms with Crippen LogP contribution in [0.3, 0.4) is 0 Å². The monoisotopic (exact) mass is 219 g/mol. The Hall–Kier alpha value is -1.42. The summed E-state index contributed by atoms with van der Waals surface area (Å²) in [6.07, 6.45) is 3.93. The molecule has 86 valence electrons. The van der Waals surface area contributed by atoms with E-state index in [1.165, 1.54) is 0 Å². The molecule has 0 saturated carbocycles. The lowest BCUT2D eigenvalue weighted by Crippen LogP contribution is -2.32. The first-order valence-electron chi connectivity index (χ1n) is 5.69. The molecule has 1 aromatic heterocycles. The molecule has 2 N–H and O–H groups in total. The van der Waals surface area contributed by atoms with Crippen molar-refractivity contribution in [1.29, 1.82) is 0 Å². The Morgan fingerprint density at radius 1 is 1.56 bits per heavy atom. The molecule has 1 saturated heterocycles. The maximum atomic E-state index is 11.8. The zero-order valence-electron chi connectivity index (χ0n) is 9.30. The second-order valence-electron chi connectivity index (χ2n) is 4.21. The van der Waals surface area contributed by atoms with Crippen molar-refractivity contribution in [2.75, 3.05) is 13.1 Å². The molecule has 0 radical (unpaired) electrons. The number of nitrogens with two attached hydrogens (primary N) is 1. The summed E-state index contributed by atoms with van der Waals surface area (Å²) in [4.78, 5) is 17.9. The molecule has 0 aromatic carbocycles. The lowest BCUT2D eigenvalue weighted by atomic mass is 10.2. The fourth-order valence-corrected chi connectivity index (χ4v) is 1.95. The van der Waals surface area contributed by atoms with Crippen LogP contribution in [0.1, 0.15) is 18.5 Å². The van der Waals surface area contributed by atoms with Gasteiger partial charge in [-0.25, -0.2) is 0 Å². The van der Waals surface area contributed by atoms with Crippen molar-refractivity contribution >= 4 is 5.91 Å². The van der Waals surface area contributed by atoms with Gasteiger partial charge in [-0.1, -0.05) is 6.07 Å². The molecule has 16 heavy (non-hydrogen) atoms. The van der Waals surface area contributed by atoms with Gasteiger partial charge in [-0.3, -0.25) is 9.78 Å². The van der Waals surface area contributed by atoms with Crippen molar-refractivity contribution in [3.8, 4) is 0 Å². The van der Waals surface area contributed by atoms with Crippen molar-refractivity contribution in [2.45, 2.75) is 25.3 Å². The maximum absolute atomic E-state index is 11.8. The van der Waals surface area contributed by atoms with E-state index in [1.807, 2.05) is 23.1 Å². The van der Waals surface area contributed by atoms with Gasteiger partial charge in [0.1, 0.15) is 0 Å². The molecule has 1 fully saturated rings. The second-order valence-corrected chi connectivity index (χ2v) is 4.21. The third-order valence-electron chi connectivity index (χ3n) is 2.90. The summed E-state index contributed by atoms with van der Waals surface area (Å²) in [5.74, 6) is 0.193. The van der Waals surface area contributed by atoms with Crippen LogP contribution in [0, 0.1) is 0 Å². The molecule has 0 aliphatic carbocycles. The number of rotatable bonds is 3. The lowest BCUT2D eigenvalue weighted by Gasteiger charge is -2.15. The number of aromatic nitrogens is 1. The Balaban J connectivity index is 1.80. The zero-order valence-corrected chi connectivity index (χ0v) is 9.30. The quantitative estimate of drug-likeness (QED) is 0.808. The molecule has 4 heteroatoms. The van der Waals surface area contributed by atoms with Gasteiger partial charge in [0.2, 0.25) is 5.91 Å². The number of pyridine rings is 1. The summed E-state index contributed by atoms with van der Waals surface area (Å²) in [5.41, 5.74) is 6.74. The predicted molar refractivity (Wildman–Crippen MR) is 61.7 cm³/mol. The van der Waals surface area contributed by atoms with Gasteiger partial charge in [0.25, 0.3) is 0 Å². The van der Waals surface area contributed by atoms with Crippen molar-refractivity contribution in [3.63, 3.8) is 0 Å². The number of hydrogen-bond acceptors (Lipinski definition) is 3. The minimum atomic E-state index is 0.166. The largest absolute Gasteiger partial charge is 0.341 e. The third kappa shape index (κ3) is 2.79. The molecule has 1 amide bonds. The summed E-state index contributed by atoms with van der Waals surface area (Å²) in [7, 11) is 0. The summed E-state index contributed by atoms with van der Waals surface area (Å²) >= 11 is 0. The molecule has 2 heterocycles. The Morgan fingerprint density at radius 3 is 3.06 bits per heavy atom. The van der Waals surface area contributed by atoms with Crippen LogP contribution in [0.2, 0.25) is 0 Å². The normalized spacial score (nSPS) is 20.1. The predicted octanol–water partition coefficient (Wildman–Crippen LogP) is 0.574. The highest BCUT2D eigenvalue weighted by atomic mass is 16.2. The lowest BCUT2D eigenvalue weighted by molar-refractivity contribution is -0.130. The highest BCUT2D eigenvalue weighted by Crippen LogP contribution is 2.09. The molecule has 1 aromatic rings. The van der Waals surface area contributed by atoms with Gasteiger partial charge in [0.05, 0.1) is 0 Å². The van der Waals surface area contributed by atoms with Gasteiger partial charge in [-0.05, 0) is 25.0 Å². The molecular weight excluding hydrogens is 202 g/mol. The molecule has 0 spiro atoms. The number of aryl methyl sites for hydroxylation is 1. The Labute approximate surface area is 95.5 Å². The maximum Gasteiger partial charge on any atom is 0.223 e. The Bertz CT molecular complexity index is 353. The fraction of sp³-hybridized carbons (Fsp3) is 0.500. The number of amides is 1. The number of carbonyl (C=O) groups is 1. The van der Waals surface area contributed by atoms with Crippen LogP contribution in [-0.2, 0) is 11.2 Å². The van der Waals surface area contributed by atoms with Crippen LogP contribution in [0.25, 0.3) is 0 Å². The minimum Gasteiger partial charge on any atom is -0.341 e. The van der Waals surface area contributed by atoms with E-state index in [0.717, 1.165) is 18.7 Å². The van der Waals surface area contributed by atoms with Gasteiger partial charge >= 0.3 is 0 Å². The van der Waals surface area contributed by atoms with Crippen LogP contribution >= 0.6 is 0 Å².